The standard InChI is InChI=1S/C32H34FN3/c1-32-20-25(21-34)31(36-29-16-14-28(33)15-17-29)19-27(32)13-12-26(32)18-30(24-10-6-3-7-11-24)35-22-23-8-4-2-5-9-23/h2-11,14-17,19,21,25-26,30,34-35H,12-13,18,20,22H2,1H3. The fourth-order valence-corrected chi connectivity index (χ4v) is 6.02. The van der Waals surface area contributed by atoms with Gasteiger partial charge in [0.2, 0.25) is 0 Å². The van der Waals surface area contributed by atoms with Gasteiger partial charge in [0.05, 0.1) is 5.69 Å². The largest absolute Gasteiger partial charge is 0.312 e. The Labute approximate surface area is 213 Å². The first-order chi connectivity index (χ1) is 17.5. The Morgan fingerprint density at radius 3 is 2.42 bits per heavy atom. The molecule has 4 unspecified atom stereocenters. The summed E-state index contributed by atoms with van der Waals surface area (Å²) in [6.45, 7) is 3.23. The first-order valence-electron chi connectivity index (χ1n) is 12.9. The quantitative estimate of drug-likeness (QED) is 0.318. The fraction of sp³-hybridized carbons (Fsp3) is 0.312. The molecule has 36 heavy (non-hydrogen) atoms. The Morgan fingerprint density at radius 2 is 1.72 bits per heavy atom. The maximum absolute atomic E-state index is 13.4. The lowest BCUT2D eigenvalue weighted by Crippen LogP contribution is -2.36. The van der Waals surface area contributed by atoms with Crippen molar-refractivity contribution in [2.45, 2.75) is 45.2 Å². The van der Waals surface area contributed by atoms with Crippen LogP contribution in [0.2, 0.25) is 0 Å². The van der Waals surface area contributed by atoms with Crippen molar-refractivity contribution in [2.24, 2.45) is 22.2 Å². The number of hydrogen-bond donors (Lipinski definition) is 2. The summed E-state index contributed by atoms with van der Waals surface area (Å²) < 4.78 is 13.4. The first kappa shape index (κ1) is 24.3. The number of halogens is 1. The zero-order valence-electron chi connectivity index (χ0n) is 20.8. The van der Waals surface area contributed by atoms with Gasteiger partial charge in [0.25, 0.3) is 0 Å². The van der Waals surface area contributed by atoms with Gasteiger partial charge in [-0.15, -0.1) is 0 Å². The van der Waals surface area contributed by atoms with Crippen molar-refractivity contribution in [2.75, 3.05) is 0 Å². The third-order valence-corrected chi connectivity index (χ3v) is 8.15. The van der Waals surface area contributed by atoms with Gasteiger partial charge in [-0.2, -0.15) is 0 Å². The summed E-state index contributed by atoms with van der Waals surface area (Å²) in [5.74, 6) is 0.230. The number of nitrogens with zero attached hydrogens (tertiary/aromatic N) is 1. The molecule has 184 valence electrons. The summed E-state index contributed by atoms with van der Waals surface area (Å²) in [5, 5.41) is 12.0. The number of allylic oxidation sites excluding steroid dienone is 2. The molecule has 0 spiro atoms. The van der Waals surface area contributed by atoms with Crippen LogP contribution in [0.15, 0.2) is 102 Å². The lowest BCUT2D eigenvalue weighted by molar-refractivity contribution is 0.210. The lowest BCUT2D eigenvalue weighted by atomic mass is 9.65. The summed E-state index contributed by atoms with van der Waals surface area (Å²) in [6.07, 6.45) is 7.94. The smallest absolute Gasteiger partial charge is 0.123 e. The number of aliphatic imine (C=N–C) groups is 1. The molecule has 2 aliphatic carbocycles. The molecule has 0 saturated heterocycles. The van der Waals surface area contributed by atoms with Crippen LogP contribution in [0.1, 0.15) is 49.8 Å². The molecule has 0 aliphatic heterocycles. The second kappa shape index (κ2) is 10.7. The Hall–Kier alpha value is -3.37. The molecule has 3 nitrogen and oxygen atoms in total. The highest BCUT2D eigenvalue weighted by Gasteiger charge is 2.47. The minimum absolute atomic E-state index is 0.0307. The van der Waals surface area contributed by atoms with Crippen molar-refractivity contribution in [1.82, 2.24) is 5.32 Å². The van der Waals surface area contributed by atoms with E-state index in [0.717, 1.165) is 43.6 Å². The van der Waals surface area contributed by atoms with Crippen LogP contribution in [0.4, 0.5) is 10.1 Å². The van der Waals surface area contributed by atoms with Crippen LogP contribution in [0, 0.1) is 28.5 Å². The van der Waals surface area contributed by atoms with E-state index in [1.54, 1.807) is 18.3 Å². The van der Waals surface area contributed by atoms with Gasteiger partial charge in [-0.3, -0.25) is 4.99 Å². The van der Waals surface area contributed by atoms with Crippen LogP contribution in [-0.4, -0.2) is 11.9 Å². The monoisotopic (exact) mass is 479 g/mol. The highest BCUT2D eigenvalue weighted by atomic mass is 19.1. The van der Waals surface area contributed by atoms with E-state index in [1.165, 1.54) is 28.8 Å². The van der Waals surface area contributed by atoms with E-state index in [1.807, 2.05) is 0 Å². The SMILES string of the molecule is CC12CC(C=N)C(=Nc3ccc(F)cc3)C=C1CCC2CC(NCc1ccccc1)c1ccccc1. The van der Waals surface area contributed by atoms with Gasteiger partial charge in [0, 0.05) is 30.4 Å². The zero-order valence-corrected chi connectivity index (χ0v) is 20.8. The second-order valence-electron chi connectivity index (χ2n) is 10.4. The van der Waals surface area contributed by atoms with E-state index in [9.17, 15) is 4.39 Å². The van der Waals surface area contributed by atoms with E-state index in [-0.39, 0.29) is 23.2 Å². The maximum Gasteiger partial charge on any atom is 0.123 e. The van der Waals surface area contributed by atoms with Crippen molar-refractivity contribution in [3.8, 4) is 0 Å². The molecule has 0 aromatic heterocycles. The van der Waals surface area contributed by atoms with Crippen molar-refractivity contribution >= 4 is 17.6 Å². The van der Waals surface area contributed by atoms with Gasteiger partial charge in [-0.05, 0) is 78.5 Å². The average molecular weight is 480 g/mol. The summed E-state index contributed by atoms with van der Waals surface area (Å²) in [5.41, 5.74) is 5.77. The lowest BCUT2D eigenvalue weighted by Gasteiger charge is -2.40. The van der Waals surface area contributed by atoms with Crippen molar-refractivity contribution in [3.63, 3.8) is 0 Å². The summed E-state index contributed by atoms with van der Waals surface area (Å²) in [7, 11) is 0. The van der Waals surface area contributed by atoms with Gasteiger partial charge < -0.3 is 10.7 Å². The molecule has 1 saturated carbocycles. The van der Waals surface area contributed by atoms with Gasteiger partial charge in [-0.1, -0.05) is 73.2 Å². The second-order valence-corrected chi connectivity index (χ2v) is 10.4. The normalized spacial score (nSPS) is 25.3. The average Bonchev–Trinajstić information content (AvgIpc) is 3.23. The maximum atomic E-state index is 13.4. The molecule has 0 bridgehead atoms. The van der Waals surface area contributed by atoms with Crippen LogP contribution in [0.25, 0.3) is 0 Å². The van der Waals surface area contributed by atoms with Crippen molar-refractivity contribution < 1.29 is 4.39 Å². The minimum atomic E-state index is -0.260. The van der Waals surface area contributed by atoms with E-state index in [4.69, 9.17) is 10.4 Å². The summed E-state index contributed by atoms with van der Waals surface area (Å²) in [4.78, 5) is 4.81. The number of rotatable bonds is 8. The van der Waals surface area contributed by atoms with Crippen LogP contribution < -0.4 is 5.32 Å². The van der Waals surface area contributed by atoms with Gasteiger partial charge in [-0.25, -0.2) is 4.39 Å². The molecule has 0 radical (unpaired) electrons. The minimum Gasteiger partial charge on any atom is -0.312 e. The number of benzene rings is 3. The van der Waals surface area contributed by atoms with E-state index < -0.39 is 0 Å². The van der Waals surface area contributed by atoms with Crippen LogP contribution >= 0.6 is 0 Å². The van der Waals surface area contributed by atoms with E-state index in [2.05, 4.69) is 79.0 Å². The van der Waals surface area contributed by atoms with Crippen LogP contribution in [0.3, 0.4) is 0 Å². The Bertz CT molecular complexity index is 1230. The Balaban J connectivity index is 1.39. The number of nitrogens with one attached hydrogen (secondary N) is 2. The fourth-order valence-electron chi connectivity index (χ4n) is 6.02. The number of hydrogen-bond acceptors (Lipinski definition) is 3. The number of fused-ring (bicyclic) bond motifs is 1. The van der Waals surface area contributed by atoms with Gasteiger partial charge in [0.15, 0.2) is 0 Å². The molecular formula is C32H34FN3. The molecule has 4 atom stereocenters. The molecular weight excluding hydrogens is 445 g/mol. The topological polar surface area (TPSA) is 48.2 Å². The molecule has 4 heteroatoms. The molecule has 3 aromatic carbocycles. The van der Waals surface area contributed by atoms with Gasteiger partial charge in [0.1, 0.15) is 5.82 Å². The highest BCUT2D eigenvalue weighted by Crippen LogP contribution is 2.56. The van der Waals surface area contributed by atoms with Crippen molar-refractivity contribution in [1.29, 1.82) is 5.41 Å². The predicted molar refractivity (Wildman–Crippen MR) is 146 cm³/mol. The Morgan fingerprint density at radius 1 is 1.03 bits per heavy atom. The third-order valence-electron chi connectivity index (χ3n) is 8.15. The van der Waals surface area contributed by atoms with Crippen LogP contribution in [-0.2, 0) is 6.54 Å². The summed E-state index contributed by atoms with van der Waals surface area (Å²) >= 11 is 0. The van der Waals surface area contributed by atoms with Gasteiger partial charge >= 0.3 is 0 Å². The predicted octanol–water partition coefficient (Wildman–Crippen LogP) is 7.83. The van der Waals surface area contributed by atoms with Crippen molar-refractivity contribution in [3.05, 3.63) is 114 Å². The molecule has 2 N–H and O–H groups in total. The summed E-state index contributed by atoms with van der Waals surface area (Å²) in [6, 6.07) is 27.9. The molecule has 0 heterocycles. The molecule has 3 aromatic rings. The molecule has 2 aliphatic rings. The third kappa shape index (κ3) is 5.24. The molecule has 1 fully saturated rings. The molecule has 5 rings (SSSR count). The van der Waals surface area contributed by atoms with Crippen LogP contribution in [0.5, 0.6) is 0 Å². The molecule has 0 amide bonds. The zero-order chi connectivity index (χ0) is 25.0. The van der Waals surface area contributed by atoms with E-state index in [0.29, 0.717) is 5.92 Å². The first-order valence-corrected chi connectivity index (χ1v) is 12.9. The Kier molecular flexibility index (Phi) is 7.24. The highest BCUT2D eigenvalue weighted by molar-refractivity contribution is 6.07. The van der Waals surface area contributed by atoms with E-state index >= 15 is 0 Å².